The van der Waals surface area contributed by atoms with Gasteiger partial charge in [0.1, 0.15) is 0 Å². The molecule has 1 heterocycles. The number of nitrogens with zero attached hydrogens (tertiary/aromatic N) is 1. The van der Waals surface area contributed by atoms with Gasteiger partial charge in [-0.05, 0) is 25.0 Å². The van der Waals surface area contributed by atoms with Gasteiger partial charge in [-0.2, -0.15) is 4.39 Å². The molecule has 1 aliphatic carbocycles. The Bertz CT molecular complexity index is 359. The van der Waals surface area contributed by atoms with Gasteiger partial charge in [-0.3, -0.25) is 4.79 Å². The number of aromatic nitrogens is 1. The van der Waals surface area contributed by atoms with Crippen LogP contribution in [-0.4, -0.2) is 16.4 Å². The Morgan fingerprint density at radius 2 is 2.29 bits per heavy atom. The summed E-state index contributed by atoms with van der Waals surface area (Å²) in [5.74, 6) is -0.803. The van der Waals surface area contributed by atoms with Gasteiger partial charge in [0.2, 0.25) is 11.9 Å². The third kappa shape index (κ3) is 1.72. The number of nitrogens with two attached hydrogens (primary N) is 1. The van der Waals surface area contributed by atoms with Crippen molar-refractivity contribution in [3.05, 3.63) is 24.3 Å². The zero-order valence-electron chi connectivity index (χ0n) is 7.46. The molecule has 1 saturated carbocycles. The van der Waals surface area contributed by atoms with Crippen LogP contribution in [0.25, 0.3) is 0 Å². The molecule has 1 fully saturated rings. The van der Waals surface area contributed by atoms with Gasteiger partial charge in [-0.15, -0.1) is 0 Å². The quantitative estimate of drug-likeness (QED) is 0.681. The minimum atomic E-state index is -0.714. The third-order valence-electron chi connectivity index (χ3n) is 2.23. The van der Waals surface area contributed by atoms with E-state index >= 15 is 0 Å². The van der Waals surface area contributed by atoms with Crippen LogP contribution in [0.4, 0.5) is 10.1 Å². The summed E-state index contributed by atoms with van der Waals surface area (Å²) in [6.45, 7) is 0. The third-order valence-corrected chi connectivity index (χ3v) is 2.23. The summed E-state index contributed by atoms with van der Waals surface area (Å²) in [6.07, 6.45) is 2.67. The van der Waals surface area contributed by atoms with Crippen molar-refractivity contribution in [2.24, 2.45) is 5.73 Å². The summed E-state index contributed by atoms with van der Waals surface area (Å²) in [5.41, 5.74) is 5.41. The van der Waals surface area contributed by atoms with Gasteiger partial charge < -0.3 is 11.1 Å². The number of anilines is 1. The minimum Gasteiger partial charge on any atom is -0.323 e. The molecule has 0 unspecified atom stereocenters. The molecule has 0 spiro atoms. The SMILES string of the molecule is NC1(C(=O)Nc2ccc(F)nc2)CC1. The summed E-state index contributed by atoms with van der Waals surface area (Å²) in [5, 5.41) is 2.58. The normalized spacial score (nSPS) is 17.6. The minimum absolute atomic E-state index is 0.231. The molecule has 0 aromatic carbocycles. The van der Waals surface area contributed by atoms with Crippen LogP contribution in [0.5, 0.6) is 0 Å². The van der Waals surface area contributed by atoms with E-state index < -0.39 is 11.5 Å². The largest absolute Gasteiger partial charge is 0.323 e. The van der Waals surface area contributed by atoms with Gasteiger partial charge >= 0.3 is 0 Å². The molecule has 5 heteroatoms. The Labute approximate surface area is 80.3 Å². The van der Waals surface area contributed by atoms with Crippen molar-refractivity contribution >= 4 is 11.6 Å². The fourth-order valence-corrected chi connectivity index (χ4v) is 1.07. The van der Waals surface area contributed by atoms with E-state index in [2.05, 4.69) is 10.3 Å². The molecule has 1 aliphatic rings. The maximum atomic E-state index is 12.4. The molecule has 1 aromatic heterocycles. The molecule has 4 nitrogen and oxygen atoms in total. The van der Waals surface area contributed by atoms with E-state index in [1.54, 1.807) is 0 Å². The fraction of sp³-hybridized carbons (Fsp3) is 0.333. The number of carbonyl (C=O) groups is 1. The number of hydrogen-bond acceptors (Lipinski definition) is 3. The number of rotatable bonds is 2. The van der Waals surface area contributed by atoms with E-state index in [4.69, 9.17) is 5.73 Å². The molecule has 0 bridgehead atoms. The average Bonchev–Trinajstić information content (AvgIpc) is 2.89. The molecule has 74 valence electrons. The van der Waals surface area contributed by atoms with E-state index in [1.807, 2.05) is 0 Å². The van der Waals surface area contributed by atoms with Gasteiger partial charge in [0.25, 0.3) is 0 Å². The smallest absolute Gasteiger partial charge is 0.244 e. The summed E-state index contributed by atoms with van der Waals surface area (Å²) < 4.78 is 12.4. The van der Waals surface area contributed by atoms with Crippen molar-refractivity contribution in [1.29, 1.82) is 0 Å². The monoisotopic (exact) mass is 195 g/mol. The van der Waals surface area contributed by atoms with Crippen molar-refractivity contribution in [1.82, 2.24) is 4.98 Å². The highest BCUT2D eigenvalue weighted by atomic mass is 19.1. The van der Waals surface area contributed by atoms with Gasteiger partial charge in [0, 0.05) is 0 Å². The molecular weight excluding hydrogens is 185 g/mol. The van der Waals surface area contributed by atoms with Crippen LogP contribution in [0, 0.1) is 5.95 Å². The van der Waals surface area contributed by atoms with Gasteiger partial charge in [-0.1, -0.05) is 0 Å². The molecule has 1 amide bonds. The first-order valence-corrected chi connectivity index (χ1v) is 4.32. The zero-order valence-corrected chi connectivity index (χ0v) is 7.46. The lowest BCUT2D eigenvalue weighted by atomic mass is 10.2. The number of hydrogen-bond donors (Lipinski definition) is 2. The molecular formula is C9H10FN3O. The molecule has 3 N–H and O–H groups in total. The maximum absolute atomic E-state index is 12.4. The second-order valence-corrected chi connectivity index (χ2v) is 3.48. The first-order chi connectivity index (χ1) is 6.60. The van der Waals surface area contributed by atoms with Crippen LogP contribution in [0.1, 0.15) is 12.8 Å². The van der Waals surface area contributed by atoms with Crippen molar-refractivity contribution in [2.45, 2.75) is 18.4 Å². The number of pyridine rings is 1. The molecule has 14 heavy (non-hydrogen) atoms. The highest BCUT2D eigenvalue weighted by Crippen LogP contribution is 2.33. The van der Waals surface area contributed by atoms with Crippen LogP contribution in [0.2, 0.25) is 0 Å². The Morgan fingerprint density at radius 1 is 1.57 bits per heavy atom. The van der Waals surface area contributed by atoms with Crippen molar-refractivity contribution in [3.8, 4) is 0 Å². The molecule has 1 aromatic rings. The average molecular weight is 195 g/mol. The van der Waals surface area contributed by atoms with E-state index in [-0.39, 0.29) is 5.91 Å². The molecule has 0 atom stereocenters. The van der Waals surface area contributed by atoms with Crippen molar-refractivity contribution in [2.75, 3.05) is 5.32 Å². The number of amides is 1. The lowest BCUT2D eigenvalue weighted by Crippen LogP contribution is -2.37. The van der Waals surface area contributed by atoms with Gasteiger partial charge in [-0.25, -0.2) is 4.98 Å². The van der Waals surface area contributed by atoms with Gasteiger partial charge in [0.05, 0.1) is 17.4 Å². The summed E-state index contributed by atoms with van der Waals surface area (Å²) in [7, 11) is 0. The molecule has 2 rings (SSSR count). The van der Waals surface area contributed by atoms with Crippen molar-refractivity contribution < 1.29 is 9.18 Å². The molecule has 0 radical (unpaired) electrons. The fourth-order valence-electron chi connectivity index (χ4n) is 1.07. The first-order valence-electron chi connectivity index (χ1n) is 4.32. The summed E-state index contributed by atoms with van der Waals surface area (Å²) >= 11 is 0. The maximum Gasteiger partial charge on any atom is 0.244 e. The van der Waals surface area contributed by atoms with Crippen LogP contribution < -0.4 is 11.1 Å². The topological polar surface area (TPSA) is 68.0 Å². The highest BCUT2D eigenvalue weighted by Gasteiger charge is 2.45. The summed E-state index contributed by atoms with van der Waals surface area (Å²) in [4.78, 5) is 14.8. The van der Waals surface area contributed by atoms with Crippen LogP contribution in [-0.2, 0) is 4.79 Å². The van der Waals surface area contributed by atoms with Crippen LogP contribution >= 0.6 is 0 Å². The Kier molecular flexibility index (Phi) is 1.96. The van der Waals surface area contributed by atoms with E-state index in [1.165, 1.54) is 18.3 Å². The Balaban J connectivity index is 2.04. The van der Waals surface area contributed by atoms with Crippen LogP contribution in [0.15, 0.2) is 18.3 Å². The highest BCUT2D eigenvalue weighted by molar-refractivity contribution is 5.99. The Hall–Kier alpha value is -1.49. The second kappa shape index (κ2) is 3.02. The van der Waals surface area contributed by atoms with E-state index in [0.29, 0.717) is 18.5 Å². The lowest BCUT2D eigenvalue weighted by molar-refractivity contribution is -0.118. The second-order valence-electron chi connectivity index (χ2n) is 3.48. The van der Waals surface area contributed by atoms with E-state index in [9.17, 15) is 9.18 Å². The Morgan fingerprint density at radius 3 is 2.79 bits per heavy atom. The number of nitrogens with one attached hydrogen (secondary N) is 1. The lowest BCUT2D eigenvalue weighted by Gasteiger charge is -2.08. The standard InChI is InChI=1S/C9H10FN3O/c10-7-2-1-6(5-12-7)13-8(14)9(11)3-4-9/h1-2,5H,3-4,11H2,(H,13,14). The van der Waals surface area contributed by atoms with E-state index in [0.717, 1.165) is 0 Å². The summed E-state index contributed by atoms with van der Waals surface area (Å²) in [6, 6.07) is 2.64. The molecule has 0 saturated heterocycles. The van der Waals surface area contributed by atoms with Crippen LogP contribution in [0.3, 0.4) is 0 Å². The predicted molar refractivity (Wildman–Crippen MR) is 49.0 cm³/mol. The number of halogens is 1. The predicted octanol–water partition coefficient (Wildman–Crippen LogP) is 0.650. The number of carbonyl (C=O) groups excluding carboxylic acids is 1. The molecule has 0 aliphatic heterocycles. The zero-order chi connectivity index (χ0) is 10.2. The first kappa shape index (κ1) is 9.08. The van der Waals surface area contributed by atoms with Crippen molar-refractivity contribution in [3.63, 3.8) is 0 Å². The van der Waals surface area contributed by atoms with Gasteiger partial charge in [0.15, 0.2) is 0 Å².